The molecule has 0 saturated carbocycles. The Morgan fingerprint density at radius 1 is 1.21 bits per heavy atom. The molecule has 1 amide bonds. The van der Waals surface area contributed by atoms with Gasteiger partial charge in [-0.1, -0.05) is 46.7 Å². The van der Waals surface area contributed by atoms with Crippen LogP contribution in [0.4, 0.5) is 5.69 Å². The van der Waals surface area contributed by atoms with E-state index in [9.17, 15) is 4.79 Å². The smallest absolute Gasteiger partial charge is 0.262 e. The highest BCUT2D eigenvalue weighted by Gasteiger charge is 2.15. The van der Waals surface area contributed by atoms with Crippen molar-refractivity contribution in [2.75, 3.05) is 11.9 Å². The van der Waals surface area contributed by atoms with Crippen LogP contribution in [0.2, 0.25) is 10.0 Å². The first-order valence-corrected chi connectivity index (χ1v) is 9.74. The van der Waals surface area contributed by atoms with E-state index in [0.29, 0.717) is 32.3 Å². The lowest BCUT2D eigenvalue weighted by atomic mass is 10.2. The number of fused-ring (bicyclic) bond motifs is 1. The number of carbonyl (C=O) groups is 1. The molecule has 0 radical (unpaired) electrons. The van der Waals surface area contributed by atoms with Crippen LogP contribution in [0.1, 0.15) is 5.82 Å². The van der Waals surface area contributed by atoms with Gasteiger partial charge in [0.15, 0.2) is 12.4 Å². The van der Waals surface area contributed by atoms with Crippen LogP contribution in [0.3, 0.4) is 0 Å². The molecule has 142 valence electrons. The van der Waals surface area contributed by atoms with Crippen LogP contribution in [0.15, 0.2) is 42.5 Å². The molecule has 0 atom stereocenters. The van der Waals surface area contributed by atoms with Gasteiger partial charge in [0.25, 0.3) is 5.91 Å². The van der Waals surface area contributed by atoms with Crippen molar-refractivity contribution >= 4 is 51.1 Å². The highest BCUT2D eigenvalue weighted by molar-refractivity contribution is 7.19. The third-order valence-electron chi connectivity index (χ3n) is 3.83. The summed E-state index contributed by atoms with van der Waals surface area (Å²) in [6.07, 6.45) is 0. The number of amides is 1. The fraction of sp³-hybridized carbons (Fsp3) is 0.111. The lowest BCUT2D eigenvalue weighted by Gasteiger charge is -2.11. The van der Waals surface area contributed by atoms with E-state index in [2.05, 4.69) is 20.6 Å². The van der Waals surface area contributed by atoms with E-state index in [0.717, 1.165) is 10.6 Å². The Morgan fingerprint density at radius 2 is 2.04 bits per heavy atom. The van der Waals surface area contributed by atoms with Gasteiger partial charge in [-0.05, 0) is 37.3 Å². The minimum atomic E-state index is -0.322. The molecule has 7 nitrogen and oxygen atoms in total. The first kappa shape index (κ1) is 18.7. The van der Waals surface area contributed by atoms with Gasteiger partial charge in [0.2, 0.25) is 4.96 Å². The Hall–Kier alpha value is -2.68. The highest BCUT2D eigenvalue weighted by Crippen LogP contribution is 2.31. The maximum absolute atomic E-state index is 12.4. The molecule has 1 N–H and O–H groups in total. The summed E-state index contributed by atoms with van der Waals surface area (Å²) >= 11 is 13.3. The van der Waals surface area contributed by atoms with Crippen LogP contribution < -0.4 is 10.1 Å². The predicted molar refractivity (Wildman–Crippen MR) is 109 cm³/mol. The van der Waals surface area contributed by atoms with Gasteiger partial charge in [-0.3, -0.25) is 4.79 Å². The summed E-state index contributed by atoms with van der Waals surface area (Å²) in [6, 6.07) is 12.2. The zero-order valence-corrected chi connectivity index (χ0v) is 16.8. The van der Waals surface area contributed by atoms with Gasteiger partial charge < -0.3 is 10.1 Å². The SMILES string of the molecule is Cc1nnc2sc(-c3ccccc3NC(=O)COc3ccc(Cl)cc3Cl)nn12. The third-order valence-corrected chi connectivity index (χ3v) is 5.29. The van der Waals surface area contributed by atoms with Crippen LogP contribution in [-0.4, -0.2) is 32.3 Å². The monoisotopic (exact) mass is 433 g/mol. The number of nitrogens with zero attached hydrogens (tertiary/aromatic N) is 4. The third kappa shape index (κ3) is 3.80. The van der Waals surface area contributed by atoms with Crippen molar-refractivity contribution in [1.82, 2.24) is 19.8 Å². The van der Waals surface area contributed by atoms with Crippen LogP contribution in [0.25, 0.3) is 15.5 Å². The van der Waals surface area contributed by atoms with E-state index in [4.69, 9.17) is 27.9 Å². The predicted octanol–water partition coefficient (Wildman–Crippen LogP) is 4.49. The molecule has 0 aliphatic heterocycles. The number of benzene rings is 2. The van der Waals surface area contributed by atoms with E-state index in [-0.39, 0.29) is 12.5 Å². The van der Waals surface area contributed by atoms with Crippen molar-refractivity contribution in [1.29, 1.82) is 0 Å². The first-order chi connectivity index (χ1) is 13.5. The molecular weight excluding hydrogens is 421 g/mol. The summed E-state index contributed by atoms with van der Waals surface area (Å²) in [4.78, 5) is 13.1. The fourth-order valence-electron chi connectivity index (χ4n) is 2.52. The maximum atomic E-state index is 12.4. The molecule has 28 heavy (non-hydrogen) atoms. The lowest BCUT2D eigenvalue weighted by Crippen LogP contribution is -2.20. The van der Waals surface area contributed by atoms with Gasteiger partial charge in [0.05, 0.1) is 10.7 Å². The van der Waals surface area contributed by atoms with Crippen molar-refractivity contribution in [3.05, 3.63) is 58.3 Å². The van der Waals surface area contributed by atoms with Crippen LogP contribution >= 0.6 is 34.5 Å². The number of rotatable bonds is 5. The minimum Gasteiger partial charge on any atom is -0.482 e. The average Bonchev–Trinajstić information content (AvgIpc) is 3.24. The van der Waals surface area contributed by atoms with Crippen molar-refractivity contribution < 1.29 is 9.53 Å². The van der Waals surface area contributed by atoms with Crippen molar-refractivity contribution in [3.63, 3.8) is 0 Å². The van der Waals surface area contributed by atoms with Gasteiger partial charge >= 0.3 is 0 Å². The zero-order valence-electron chi connectivity index (χ0n) is 14.5. The van der Waals surface area contributed by atoms with Crippen LogP contribution in [-0.2, 0) is 4.79 Å². The Balaban J connectivity index is 1.51. The number of anilines is 1. The molecule has 0 saturated heterocycles. The molecule has 4 aromatic rings. The first-order valence-electron chi connectivity index (χ1n) is 8.17. The number of ether oxygens (including phenoxy) is 1. The molecule has 4 rings (SSSR count). The Kier molecular flexibility index (Phi) is 5.17. The van der Waals surface area contributed by atoms with Gasteiger partial charge in [-0.2, -0.15) is 9.61 Å². The summed E-state index contributed by atoms with van der Waals surface area (Å²) in [5.41, 5.74) is 1.41. The van der Waals surface area contributed by atoms with Gasteiger partial charge in [-0.25, -0.2) is 0 Å². The second-order valence-corrected chi connectivity index (χ2v) is 7.61. The van der Waals surface area contributed by atoms with Gasteiger partial charge in [0, 0.05) is 10.6 Å². The molecule has 2 aromatic carbocycles. The number of halogens is 2. The molecular formula is C18H13Cl2N5O2S. The van der Waals surface area contributed by atoms with E-state index >= 15 is 0 Å². The fourth-order valence-corrected chi connectivity index (χ4v) is 3.91. The zero-order chi connectivity index (χ0) is 19.7. The molecule has 2 aromatic heterocycles. The maximum Gasteiger partial charge on any atom is 0.262 e. The molecule has 0 aliphatic carbocycles. The number of aryl methyl sites for hydroxylation is 1. The van der Waals surface area contributed by atoms with Crippen LogP contribution in [0, 0.1) is 6.92 Å². The molecule has 0 fully saturated rings. The number of carbonyl (C=O) groups excluding carboxylic acids is 1. The summed E-state index contributed by atoms with van der Waals surface area (Å²) < 4.78 is 7.16. The number of nitrogens with one attached hydrogen (secondary N) is 1. The van der Waals surface area contributed by atoms with E-state index in [1.165, 1.54) is 11.3 Å². The van der Waals surface area contributed by atoms with Crippen molar-refractivity contribution in [3.8, 4) is 16.3 Å². The Labute approximate surface area is 173 Å². The molecule has 0 aliphatic rings. The number of para-hydroxylation sites is 1. The largest absolute Gasteiger partial charge is 0.482 e. The quantitative estimate of drug-likeness (QED) is 0.501. The van der Waals surface area contributed by atoms with E-state index in [1.54, 1.807) is 28.8 Å². The van der Waals surface area contributed by atoms with Crippen molar-refractivity contribution in [2.24, 2.45) is 0 Å². The van der Waals surface area contributed by atoms with Gasteiger partial charge in [0.1, 0.15) is 10.8 Å². The number of aromatic nitrogens is 4. The molecule has 10 heteroatoms. The topological polar surface area (TPSA) is 81.4 Å². The Morgan fingerprint density at radius 3 is 2.82 bits per heavy atom. The minimum absolute atomic E-state index is 0.195. The summed E-state index contributed by atoms with van der Waals surface area (Å²) in [7, 11) is 0. The molecule has 0 unspecified atom stereocenters. The molecule has 0 spiro atoms. The van der Waals surface area contributed by atoms with Crippen molar-refractivity contribution in [2.45, 2.75) is 6.92 Å². The number of hydrogen-bond donors (Lipinski definition) is 1. The van der Waals surface area contributed by atoms with E-state index in [1.807, 2.05) is 25.1 Å². The van der Waals surface area contributed by atoms with Gasteiger partial charge in [-0.15, -0.1) is 10.2 Å². The lowest BCUT2D eigenvalue weighted by molar-refractivity contribution is -0.118. The second kappa shape index (κ2) is 7.75. The second-order valence-electron chi connectivity index (χ2n) is 5.81. The summed E-state index contributed by atoms with van der Waals surface area (Å²) in [5.74, 6) is 0.767. The molecule has 0 bridgehead atoms. The average molecular weight is 434 g/mol. The van der Waals surface area contributed by atoms with E-state index < -0.39 is 0 Å². The highest BCUT2D eigenvalue weighted by atomic mass is 35.5. The standard InChI is InChI=1S/C18H13Cl2N5O2S/c1-10-22-23-18-25(10)24-17(28-18)12-4-2-3-5-14(12)21-16(26)9-27-15-7-6-11(19)8-13(15)20/h2-8H,9H2,1H3,(H,21,26). The van der Waals surface area contributed by atoms with Crippen LogP contribution in [0.5, 0.6) is 5.75 Å². The molecule has 2 heterocycles. The number of hydrogen-bond acceptors (Lipinski definition) is 6. The summed E-state index contributed by atoms with van der Waals surface area (Å²) in [6.45, 7) is 1.64. The summed E-state index contributed by atoms with van der Waals surface area (Å²) in [5, 5.41) is 17.0. The Bertz CT molecular complexity index is 1170. The normalized spacial score (nSPS) is 11.0.